The first kappa shape index (κ1) is 22.1. The number of hydrogen-bond donors (Lipinski definition) is 3. The van der Waals surface area contributed by atoms with Crippen molar-refractivity contribution in [2.24, 2.45) is 0 Å². The van der Waals surface area contributed by atoms with Crippen molar-refractivity contribution in [3.8, 4) is 11.3 Å². The lowest BCUT2D eigenvalue weighted by Crippen LogP contribution is -2.14. The van der Waals surface area contributed by atoms with Crippen LogP contribution in [-0.4, -0.2) is 33.3 Å². The van der Waals surface area contributed by atoms with Crippen molar-refractivity contribution in [3.05, 3.63) is 70.5 Å². The summed E-state index contributed by atoms with van der Waals surface area (Å²) in [7, 11) is -4.20. The maximum atomic E-state index is 15.3. The van der Waals surface area contributed by atoms with E-state index in [1.54, 1.807) is 12.1 Å². The van der Waals surface area contributed by atoms with Gasteiger partial charge in [-0.2, -0.15) is 0 Å². The van der Waals surface area contributed by atoms with Gasteiger partial charge in [0, 0.05) is 11.8 Å². The summed E-state index contributed by atoms with van der Waals surface area (Å²) in [4.78, 5) is 19.3. The average Bonchev–Trinajstić information content (AvgIpc) is 3.48. The maximum Gasteiger partial charge on any atom is 0.264 e. The topological polar surface area (TPSA) is 126 Å². The van der Waals surface area contributed by atoms with Gasteiger partial charge in [0.05, 0.1) is 12.0 Å². The molecule has 0 aliphatic carbocycles. The summed E-state index contributed by atoms with van der Waals surface area (Å²) in [6.07, 6.45) is 4.18. The molecule has 4 heterocycles. The van der Waals surface area contributed by atoms with Crippen LogP contribution < -0.4 is 10.0 Å². The van der Waals surface area contributed by atoms with Gasteiger partial charge >= 0.3 is 0 Å². The highest BCUT2D eigenvalue weighted by molar-refractivity contribution is 7.93. The SMILES string of the molecule is O=S(=O)(Nc1ccc(F)c(Nc2ncccc2-c2ncnc3nc[nH]c23)c1F)c1ccsc1Cl. The molecule has 0 saturated carbocycles. The second-order valence-corrected chi connectivity index (χ2v) is 9.96. The molecule has 9 nitrogen and oxygen atoms in total. The highest BCUT2D eigenvalue weighted by Gasteiger charge is 2.24. The maximum absolute atomic E-state index is 15.3. The highest BCUT2D eigenvalue weighted by Crippen LogP contribution is 2.35. The quantitative estimate of drug-likeness (QED) is 0.290. The number of nitrogens with one attached hydrogen (secondary N) is 3. The number of imidazole rings is 1. The van der Waals surface area contributed by atoms with E-state index >= 15 is 4.39 Å². The third kappa shape index (κ3) is 3.93. The first-order chi connectivity index (χ1) is 16.3. The fraction of sp³-hybridized carbons (Fsp3) is 0. The van der Waals surface area contributed by atoms with E-state index in [1.165, 1.54) is 30.3 Å². The molecule has 0 fully saturated rings. The normalized spacial score (nSPS) is 11.6. The molecule has 0 aliphatic heterocycles. The van der Waals surface area contributed by atoms with Crippen molar-refractivity contribution in [1.82, 2.24) is 24.9 Å². The number of aromatic amines is 1. The number of halogens is 3. The molecule has 0 bridgehead atoms. The van der Waals surface area contributed by atoms with Crippen LogP contribution in [0.4, 0.5) is 26.0 Å². The van der Waals surface area contributed by atoms with Crippen LogP contribution in [0.15, 0.2) is 59.5 Å². The zero-order valence-electron chi connectivity index (χ0n) is 16.8. The Morgan fingerprint density at radius 2 is 1.91 bits per heavy atom. The van der Waals surface area contributed by atoms with E-state index < -0.39 is 33.0 Å². The van der Waals surface area contributed by atoms with Gasteiger partial charge in [-0.05, 0) is 35.7 Å². The number of pyridine rings is 1. The Hall–Kier alpha value is -3.68. The Labute approximate surface area is 200 Å². The van der Waals surface area contributed by atoms with Gasteiger partial charge in [0.1, 0.15) is 44.1 Å². The minimum absolute atomic E-state index is 0.0152. The lowest BCUT2D eigenvalue weighted by molar-refractivity contribution is 0.588. The van der Waals surface area contributed by atoms with Crippen molar-refractivity contribution >= 4 is 61.3 Å². The summed E-state index contributed by atoms with van der Waals surface area (Å²) in [5.74, 6) is -2.04. The van der Waals surface area contributed by atoms with E-state index in [4.69, 9.17) is 11.6 Å². The molecule has 5 aromatic rings. The van der Waals surface area contributed by atoms with E-state index in [1.807, 2.05) is 0 Å². The number of rotatable bonds is 6. The Morgan fingerprint density at radius 3 is 2.71 bits per heavy atom. The lowest BCUT2D eigenvalue weighted by atomic mass is 10.1. The van der Waals surface area contributed by atoms with Crippen molar-refractivity contribution in [2.45, 2.75) is 4.90 Å². The number of sulfonamides is 1. The zero-order chi connectivity index (χ0) is 23.9. The molecular weight excluding hydrogens is 508 g/mol. The standard InChI is InChI=1S/C20H12ClF2N7O2S2/c21-18-13(5-7-33-18)34(31,32)30-12-4-3-11(22)16(14(12)23)29-19-10(2-1-6-24-19)15-17-20(27-8-25-15)28-9-26-17/h1-9,30H,(H,24,29)(H,25,26,27,28). The molecule has 1 aromatic carbocycles. The number of aromatic nitrogens is 5. The van der Waals surface area contributed by atoms with E-state index in [-0.39, 0.29) is 15.0 Å². The van der Waals surface area contributed by atoms with Gasteiger partial charge in [-0.25, -0.2) is 37.1 Å². The summed E-state index contributed by atoms with van der Waals surface area (Å²) in [5.41, 5.74) is 0.652. The van der Waals surface area contributed by atoms with E-state index in [0.717, 1.165) is 23.5 Å². The summed E-state index contributed by atoms with van der Waals surface area (Å²) in [6, 6.07) is 6.48. The molecule has 0 aliphatic rings. The van der Waals surface area contributed by atoms with Crippen molar-refractivity contribution in [2.75, 3.05) is 10.0 Å². The van der Waals surface area contributed by atoms with Crippen LogP contribution in [0.2, 0.25) is 4.34 Å². The fourth-order valence-electron chi connectivity index (χ4n) is 3.20. The van der Waals surface area contributed by atoms with Crippen molar-refractivity contribution in [1.29, 1.82) is 0 Å². The molecule has 0 radical (unpaired) electrons. The molecule has 34 heavy (non-hydrogen) atoms. The molecule has 172 valence electrons. The van der Waals surface area contributed by atoms with E-state index in [9.17, 15) is 12.8 Å². The predicted octanol–water partition coefficient (Wildman–Crippen LogP) is 4.95. The number of nitrogens with zero attached hydrogens (tertiary/aromatic N) is 4. The van der Waals surface area contributed by atoms with Gasteiger partial charge in [-0.1, -0.05) is 11.6 Å². The number of H-pyrrole nitrogens is 1. The van der Waals surface area contributed by atoms with Crippen LogP contribution in [0.25, 0.3) is 22.4 Å². The molecular formula is C20H12ClF2N7O2S2. The Kier molecular flexibility index (Phi) is 5.59. The summed E-state index contributed by atoms with van der Waals surface area (Å²) >= 11 is 6.92. The molecule has 0 saturated heterocycles. The molecule has 0 atom stereocenters. The Balaban J connectivity index is 1.55. The smallest absolute Gasteiger partial charge is 0.264 e. The fourth-order valence-corrected chi connectivity index (χ4v) is 5.81. The van der Waals surface area contributed by atoms with E-state index in [2.05, 4.69) is 35.0 Å². The molecule has 4 aromatic heterocycles. The average molecular weight is 520 g/mol. The van der Waals surface area contributed by atoms with Crippen molar-refractivity contribution < 1.29 is 17.2 Å². The first-order valence-corrected chi connectivity index (χ1v) is 12.2. The second kappa shape index (κ2) is 8.59. The minimum atomic E-state index is -4.20. The lowest BCUT2D eigenvalue weighted by Gasteiger charge is -2.15. The third-order valence-corrected chi connectivity index (χ3v) is 7.56. The largest absolute Gasteiger partial charge is 0.341 e. The Morgan fingerprint density at radius 1 is 1.06 bits per heavy atom. The van der Waals surface area contributed by atoms with Crippen LogP contribution in [0.1, 0.15) is 0 Å². The summed E-state index contributed by atoms with van der Waals surface area (Å²) in [5, 5.41) is 4.11. The van der Waals surface area contributed by atoms with Gasteiger partial charge in [-0.3, -0.25) is 4.72 Å². The van der Waals surface area contributed by atoms with E-state index in [0.29, 0.717) is 22.4 Å². The number of anilines is 3. The van der Waals surface area contributed by atoms with Crippen LogP contribution in [0.5, 0.6) is 0 Å². The summed E-state index contributed by atoms with van der Waals surface area (Å²) in [6.45, 7) is 0. The van der Waals surface area contributed by atoms with Gasteiger partial charge < -0.3 is 10.3 Å². The zero-order valence-corrected chi connectivity index (χ0v) is 19.1. The molecule has 0 unspecified atom stereocenters. The number of thiophene rings is 1. The van der Waals surface area contributed by atoms with Gasteiger partial charge in [-0.15, -0.1) is 11.3 Å². The molecule has 5 rings (SSSR count). The van der Waals surface area contributed by atoms with Crippen LogP contribution >= 0.6 is 22.9 Å². The highest BCUT2D eigenvalue weighted by atomic mass is 35.5. The Bertz CT molecular complexity index is 1640. The first-order valence-electron chi connectivity index (χ1n) is 9.45. The predicted molar refractivity (Wildman–Crippen MR) is 125 cm³/mol. The van der Waals surface area contributed by atoms with Crippen LogP contribution in [-0.2, 0) is 10.0 Å². The molecule has 0 amide bonds. The monoisotopic (exact) mass is 519 g/mol. The van der Waals surface area contributed by atoms with Gasteiger partial charge in [0.15, 0.2) is 11.5 Å². The summed E-state index contributed by atoms with van der Waals surface area (Å²) < 4.78 is 57.3. The molecule has 14 heteroatoms. The third-order valence-electron chi connectivity index (χ3n) is 4.74. The van der Waals surface area contributed by atoms with Crippen LogP contribution in [0.3, 0.4) is 0 Å². The number of hydrogen-bond acceptors (Lipinski definition) is 8. The van der Waals surface area contributed by atoms with Crippen molar-refractivity contribution in [3.63, 3.8) is 0 Å². The second-order valence-electron chi connectivity index (χ2n) is 6.80. The molecule has 0 spiro atoms. The van der Waals surface area contributed by atoms with Crippen LogP contribution in [0, 0.1) is 11.6 Å². The minimum Gasteiger partial charge on any atom is -0.341 e. The molecule has 3 N–H and O–H groups in total. The van der Waals surface area contributed by atoms with Gasteiger partial charge in [0.25, 0.3) is 10.0 Å². The van der Waals surface area contributed by atoms with Gasteiger partial charge in [0.2, 0.25) is 0 Å². The number of benzene rings is 1. The number of fused-ring (bicyclic) bond motifs is 1.